The average molecular weight is 279 g/mol. The van der Waals surface area contributed by atoms with Gasteiger partial charge in [-0.1, -0.05) is 12.8 Å². The van der Waals surface area contributed by atoms with Crippen molar-refractivity contribution < 1.29 is 0 Å². The molecule has 2 fully saturated rings. The van der Waals surface area contributed by atoms with Gasteiger partial charge in [0.05, 0.1) is 10.7 Å². The Labute approximate surface area is 120 Å². The fraction of sp³-hybridized carbons (Fsp3) is 0.800. The monoisotopic (exact) mass is 279 g/mol. The molecule has 4 heteroatoms. The van der Waals surface area contributed by atoms with E-state index in [1.165, 1.54) is 55.8 Å². The van der Waals surface area contributed by atoms with Crippen molar-refractivity contribution in [2.24, 2.45) is 5.92 Å². The van der Waals surface area contributed by atoms with Gasteiger partial charge in [0.25, 0.3) is 0 Å². The maximum Gasteiger partial charge on any atom is 0.0897 e. The number of aromatic nitrogens is 1. The van der Waals surface area contributed by atoms with Gasteiger partial charge in [0, 0.05) is 24.0 Å². The first kappa shape index (κ1) is 13.5. The summed E-state index contributed by atoms with van der Waals surface area (Å²) < 4.78 is 0. The maximum absolute atomic E-state index is 4.56. The van der Waals surface area contributed by atoms with E-state index in [2.05, 4.69) is 27.9 Å². The molecule has 0 aromatic carbocycles. The lowest BCUT2D eigenvalue weighted by atomic mass is 9.79. The largest absolute Gasteiger partial charge is 0.314 e. The Kier molecular flexibility index (Phi) is 4.51. The molecule has 1 aliphatic carbocycles. The SMILES string of the molecule is Cc1nc(CNC2CCCCC2C2CCCN2)cs1. The number of hydrogen-bond donors (Lipinski definition) is 2. The van der Waals surface area contributed by atoms with Crippen LogP contribution in [0.4, 0.5) is 0 Å². The highest BCUT2D eigenvalue weighted by Gasteiger charge is 2.32. The topological polar surface area (TPSA) is 37.0 Å². The molecule has 0 radical (unpaired) electrons. The molecule has 0 bridgehead atoms. The summed E-state index contributed by atoms with van der Waals surface area (Å²) in [6.45, 7) is 4.25. The zero-order valence-electron chi connectivity index (χ0n) is 11.8. The Balaban J connectivity index is 1.57. The number of rotatable bonds is 4. The van der Waals surface area contributed by atoms with E-state index in [0.717, 1.165) is 18.5 Å². The van der Waals surface area contributed by atoms with Crippen LogP contribution in [0, 0.1) is 12.8 Å². The van der Waals surface area contributed by atoms with Crippen LogP contribution in [0.15, 0.2) is 5.38 Å². The van der Waals surface area contributed by atoms with Crippen LogP contribution in [-0.2, 0) is 6.54 Å². The van der Waals surface area contributed by atoms with Crippen LogP contribution in [0.2, 0.25) is 0 Å². The number of nitrogens with zero attached hydrogens (tertiary/aromatic N) is 1. The van der Waals surface area contributed by atoms with E-state index in [4.69, 9.17) is 0 Å². The first-order valence-electron chi connectivity index (χ1n) is 7.71. The molecule has 3 rings (SSSR count). The van der Waals surface area contributed by atoms with Crippen molar-refractivity contribution in [2.75, 3.05) is 6.54 Å². The first-order valence-corrected chi connectivity index (χ1v) is 8.58. The second-order valence-corrected chi connectivity index (χ2v) is 7.06. The molecule has 106 valence electrons. The third-order valence-electron chi connectivity index (χ3n) is 4.65. The summed E-state index contributed by atoms with van der Waals surface area (Å²) in [7, 11) is 0. The van der Waals surface area contributed by atoms with E-state index in [-0.39, 0.29) is 0 Å². The molecule has 0 spiro atoms. The smallest absolute Gasteiger partial charge is 0.0897 e. The van der Waals surface area contributed by atoms with E-state index in [1.807, 2.05) is 0 Å². The molecule has 1 saturated heterocycles. The summed E-state index contributed by atoms with van der Waals surface area (Å²) in [6.07, 6.45) is 8.27. The summed E-state index contributed by atoms with van der Waals surface area (Å²) in [5.41, 5.74) is 1.21. The van der Waals surface area contributed by atoms with E-state index in [0.29, 0.717) is 6.04 Å². The molecule has 3 atom stereocenters. The summed E-state index contributed by atoms with van der Waals surface area (Å²) in [5.74, 6) is 0.830. The molecule has 3 nitrogen and oxygen atoms in total. The van der Waals surface area contributed by atoms with E-state index in [1.54, 1.807) is 11.3 Å². The molecular formula is C15H25N3S. The fourth-order valence-corrected chi connectivity index (χ4v) is 4.31. The lowest BCUT2D eigenvalue weighted by Crippen LogP contribution is -2.46. The number of aryl methyl sites for hydroxylation is 1. The van der Waals surface area contributed by atoms with E-state index in [9.17, 15) is 0 Å². The highest BCUT2D eigenvalue weighted by molar-refractivity contribution is 7.09. The lowest BCUT2D eigenvalue weighted by molar-refractivity contribution is 0.213. The second kappa shape index (κ2) is 6.33. The van der Waals surface area contributed by atoms with Gasteiger partial charge in [0.15, 0.2) is 0 Å². The highest BCUT2D eigenvalue weighted by Crippen LogP contribution is 2.30. The molecule has 1 aliphatic heterocycles. The Morgan fingerprint density at radius 3 is 2.95 bits per heavy atom. The van der Waals surface area contributed by atoms with Crippen molar-refractivity contribution in [3.05, 3.63) is 16.1 Å². The van der Waals surface area contributed by atoms with Gasteiger partial charge in [-0.3, -0.25) is 0 Å². The third kappa shape index (κ3) is 3.36. The predicted molar refractivity (Wildman–Crippen MR) is 80.5 cm³/mol. The first-order chi connectivity index (χ1) is 9.33. The number of thiazole rings is 1. The Hall–Kier alpha value is -0.450. The molecule has 2 heterocycles. The Morgan fingerprint density at radius 1 is 1.32 bits per heavy atom. The highest BCUT2D eigenvalue weighted by atomic mass is 32.1. The standard InChI is InChI=1S/C15H25N3S/c1-11-18-12(10-19-11)9-17-15-6-3-2-5-13(15)14-7-4-8-16-14/h10,13-17H,2-9H2,1H3. The van der Waals surface area contributed by atoms with Crippen molar-refractivity contribution in [1.29, 1.82) is 0 Å². The minimum Gasteiger partial charge on any atom is -0.314 e. The molecular weight excluding hydrogens is 254 g/mol. The van der Waals surface area contributed by atoms with Gasteiger partial charge in [-0.05, 0) is 45.1 Å². The lowest BCUT2D eigenvalue weighted by Gasteiger charge is -2.36. The minimum atomic E-state index is 0.686. The van der Waals surface area contributed by atoms with Crippen LogP contribution in [-0.4, -0.2) is 23.6 Å². The Bertz CT molecular complexity index is 398. The quantitative estimate of drug-likeness (QED) is 0.890. The van der Waals surface area contributed by atoms with Crippen molar-refractivity contribution in [3.63, 3.8) is 0 Å². The van der Waals surface area contributed by atoms with Crippen LogP contribution in [0.5, 0.6) is 0 Å². The second-order valence-electron chi connectivity index (χ2n) is 6.00. The molecule has 3 unspecified atom stereocenters. The molecule has 19 heavy (non-hydrogen) atoms. The van der Waals surface area contributed by atoms with Crippen LogP contribution < -0.4 is 10.6 Å². The Morgan fingerprint density at radius 2 is 2.21 bits per heavy atom. The molecule has 1 saturated carbocycles. The number of hydrogen-bond acceptors (Lipinski definition) is 4. The summed E-state index contributed by atoms with van der Waals surface area (Å²) in [4.78, 5) is 4.56. The van der Waals surface area contributed by atoms with Crippen LogP contribution in [0.25, 0.3) is 0 Å². The predicted octanol–water partition coefficient (Wildman–Crippen LogP) is 2.85. The van der Waals surface area contributed by atoms with Gasteiger partial charge in [-0.25, -0.2) is 4.98 Å². The minimum absolute atomic E-state index is 0.686. The fourth-order valence-electron chi connectivity index (χ4n) is 3.70. The molecule has 2 N–H and O–H groups in total. The zero-order valence-corrected chi connectivity index (χ0v) is 12.6. The van der Waals surface area contributed by atoms with Crippen molar-refractivity contribution >= 4 is 11.3 Å². The molecule has 0 amide bonds. The van der Waals surface area contributed by atoms with Crippen LogP contribution >= 0.6 is 11.3 Å². The summed E-state index contributed by atoms with van der Waals surface area (Å²) >= 11 is 1.75. The maximum atomic E-state index is 4.56. The van der Waals surface area contributed by atoms with Crippen molar-refractivity contribution in [2.45, 2.75) is 64.1 Å². The number of nitrogens with one attached hydrogen (secondary N) is 2. The van der Waals surface area contributed by atoms with Gasteiger partial charge in [0.1, 0.15) is 0 Å². The van der Waals surface area contributed by atoms with Crippen LogP contribution in [0.3, 0.4) is 0 Å². The zero-order chi connectivity index (χ0) is 13.1. The summed E-state index contributed by atoms with van der Waals surface area (Å²) in [5, 5.41) is 10.9. The average Bonchev–Trinajstić information content (AvgIpc) is 3.08. The molecule has 1 aromatic rings. The molecule has 2 aliphatic rings. The normalized spacial score (nSPS) is 31.7. The van der Waals surface area contributed by atoms with E-state index >= 15 is 0 Å². The van der Waals surface area contributed by atoms with Gasteiger partial charge >= 0.3 is 0 Å². The van der Waals surface area contributed by atoms with Crippen molar-refractivity contribution in [3.8, 4) is 0 Å². The van der Waals surface area contributed by atoms with Gasteiger partial charge in [-0.2, -0.15) is 0 Å². The van der Waals surface area contributed by atoms with Crippen LogP contribution in [0.1, 0.15) is 49.2 Å². The molecule has 1 aromatic heterocycles. The van der Waals surface area contributed by atoms with E-state index < -0.39 is 0 Å². The van der Waals surface area contributed by atoms with Gasteiger partial charge < -0.3 is 10.6 Å². The van der Waals surface area contributed by atoms with Gasteiger partial charge in [0.2, 0.25) is 0 Å². The van der Waals surface area contributed by atoms with Gasteiger partial charge in [-0.15, -0.1) is 11.3 Å². The third-order valence-corrected chi connectivity index (χ3v) is 5.47. The van der Waals surface area contributed by atoms with Crippen molar-refractivity contribution in [1.82, 2.24) is 15.6 Å². The summed E-state index contributed by atoms with van der Waals surface area (Å²) in [6, 6.07) is 1.45.